The summed E-state index contributed by atoms with van der Waals surface area (Å²) in [6.07, 6.45) is 7.43. The number of benzene rings is 1. The van der Waals surface area contributed by atoms with E-state index in [1.165, 1.54) is 0 Å². The van der Waals surface area contributed by atoms with Crippen LogP contribution in [0.1, 0.15) is 24.0 Å². The Hall–Kier alpha value is -3.57. The lowest BCUT2D eigenvalue weighted by atomic mass is 10.0. The van der Waals surface area contributed by atoms with Gasteiger partial charge < -0.3 is 10.6 Å². The second-order valence-electron chi connectivity index (χ2n) is 7.48. The summed E-state index contributed by atoms with van der Waals surface area (Å²) < 4.78 is 1.79. The highest BCUT2D eigenvalue weighted by atomic mass is 16.2. The number of nitrogens with two attached hydrogens (primary N) is 1. The van der Waals surface area contributed by atoms with E-state index in [4.69, 9.17) is 5.73 Å². The van der Waals surface area contributed by atoms with Crippen LogP contribution in [0.3, 0.4) is 0 Å². The van der Waals surface area contributed by atoms with Crippen LogP contribution in [0.5, 0.6) is 0 Å². The molecule has 3 heterocycles. The predicted molar refractivity (Wildman–Crippen MR) is 111 cm³/mol. The molecule has 30 heavy (non-hydrogen) atoms. The summed E-state index contributed by atoms with van der Waals surface area (Å²) in [4.78, 5) is 18.2. The highest BCUT2D eigenvalue weighted by molar-refractivity contribution is 5.83. The minimum absolute atomic E-state index is 0.151. The first kappa shape index (κ1) is 19.7. The highest BCUT2D eigenvalue weighted by Gasteiger charge is 2.31. The van der Waals surface area contributed by atoms with E-state index in [2.05, 4.69) is 21.4 Å². The fourth-order valence-corrected chi connectivity index (χ4v) is 3.71. The number of carbonyl (C=O) groups excluding carboxylic acids is 1. The molecule has 0 unspecified atom stereocenters. The first-order valence-electron chi connectivity index (χ1n) is 9.98. The number of carbonyl (C=O) groups is 1. The summed E-state index contributed by atoms with van der Waals surface area (Å²) in [5.74, 6) is -0.151. The van der Waals surface area contributed by atoms with Crippen LogP contribution < -0.4 is 5.73 Å². The number of pyridine rings is 1. The maximum Gasteiger partial charge on any atom is 0.240 e. The monoisotopic (exact) mass is 401 g/mol. The Balaban J connectivity index is 1.38. The third kappa shape index (κ3) is 4.36. The Bertz CT molecular complexity index is 1040. The molecule has 8 heteroatoms. The van der Waals surface area contributed by atoms with Crippen molar-refractivity contribution in [2.24, 2.45) is 5.73 Å². The van der Waals surface area contributed by atoms with Crippen molar-refractivity contribution in [3.8, 4) is 17.3 Å². The molecule has 1 saturated heterocycles. The minimum atomic E-state index is -0.647. The molecule has 8 nitrogen and oxygen atoms in total. The zero-order chi connectivity index (χ0) is 20.9. The second-order valence-corrected chi connectivity index (χ2v) is 7.48. The van der Waals surface area contributed by atoms with Crippen molar-refractivity contribution < 1.29 is 4.79 Å². The number of likely N-dealkylation sites (tertiary alicyclic amines) is 1. The van der Waals surface area contributed by atoms with E-state index in [-0.39, 0.29) is 11.9 Å². The molecule has 0 bridgehead atoms. The maximum absolute atomic E-state index is 12.6. The molecule has 2 N–H and O–H groups in total. The fourth-order valence-electron chi connectivity index (χ4n) is 3.71. The van der Waals surface area contributed by atoms with E-state index in [1.54, 1.807) is 22.0 Å². The van der Waals surface area contributed by atoms with Gasteiger partial charge in [-0.15, -0.1) is 5.10 Å². The van der Waals surface area contributed by atoms with Crippen LogP contribution in [0, 0.1) is 11.3 Å². The van der Waals surface area contributed by atoms with Gasteiger partial charge in [0.25, 0.3) is 0 Å². The molecule has 2 aromatic heterocycles. The van der Waals surface area contributed by atoms with Gasteiger partial charge in [0, 0.05) is 24.5 Å². The fraction of sp³-hybridized carbons (Fsp3) is 0.318. The molecule has 4 rings (SSSR count). The van der Waals surface area contributed by atoms with Crippen LogP contribution in [-0.2, 0) is 17.8 Å². The Morgan fingerprint density at radius 2 is 1.97 bits per heavy atom. The van der Waals surface area contributed by atoms with Gasteiger partial charge in [0.1, 0.15) is 11.7 Å². The third-order valence-corrected chi connectivity index (χ3v) is 5.34. The van der Waals surface area contributed by atoms with Crippen LogP contribution in [0.2, 0.25) is 0 Å². The number of rotatable bonds is 6. The molecular weight excluding hydrogens is 378 g/mol. The smallest absolute Gasteiger partial charge is 0.240 e. The molecule has 2 atom stereocenters. The molecule has 152 valence electrons. The number of aromatic nitrogens is 4. The lowest BCUT2D eigenvalue weighted by Crippen LogP contribution is -2.46. The lowest BCUT2D eigenvalue weighted by Gasteiger charge is -2.23. The van der Waals surface area contributed by atoms with Crippen LogP contribution >= 0.6 is 0 Å². The summed E-state index contributed by atoms with van der Waals surface area (Å²) in [5.41, 5.74) is 9.94. The van der Waals surface area contributed by atoms with Gasteiger partial charge in [-0.25, -0.2) is 4.68 Å². The maximum atomic E-state index is 12.6. The third-order valence-electron chi connectivity index (χ3n) is 5.34. The Kier molecular flexibility index (Phi) is 5.82. The lowest BCUT2D eigenvalue weighted by molar-refractivity contribution is -0.132. The van der Waals surface area contributed by atoms with E-state index in [0.29, 0.717) is 19.5 Å². The molecule has 0 radical (unpaired) electrons. The molecule has 1 amide bonds. The number of amides is 1. The highest BCUT2D eigenvalue weighted by Crippen LogP contribution is 2.20. The van der Waals surface area contributed by atoms with Crippen LogP contribution in [0.4, 0.5) is 0 Å². The van der Waals surface area contributed by atoms with Gasteiger partial charge in [0.05, 0.1) is 24.9 Å². The normalized spacial score (nSPS) is 16.9. The Morgan fingerprint density at radius 3 is 2.70 bits per heavy atom. The van der Waals surface area contributed by atoms with Crippen molar-refractivity contribution in [3.63, 3.8) is 0 Å². The quantitative estimate of drug-likeness (QED) is 0.673. The largest absolute Gasteiger partial charge is 0.325 e. The van der Waals surface area contributed by atoms with E-state index in [0.717, 1.165) is 35.2 Å². The minimum Gasteiger partial charge on any atom is -0.325 e. The van der Waals surface area contributed by atoms with Crippen LogP contribution in [0.25, 0.3) is 11.3 Å². The molecule has 0 spiro atoms. The van der Waals surface area contributed by atoms with Gasteiger partial charge in [-0.2, -0.15) is 5.26 Å². The molecule has 1 aliphatic heterocycles. The summed E-state index contributed by atoms with van der Waals surface area (Å²) >= 11 is 0. The molecule has 1 fully saturated rings. The standard InChI is InChI=1S/C22H23N7O/c23-13-19-2-1-11-29(19)22(30)20(24)12-16-3-5-18(6-4-16)21-15-28(27-26-21)14-17-7-9-25-10-8-17/h3-10,15,19-20H,1-2,11-12,14,24H2/t19-,20-/m0/s1. The number of hydrogen-bond donors (Lipinski definition) is 1. The molecular formula is C22H23N7O. The molecule has 1 aliphatic rings. The van der Waals surface area contributed by atoms with Gasteiger partial charge in [-0.3, -0.25) is 9.78 Å². The average molecular weight is 401 g/mol. The van der Waals surface area contributed by atoms with Crippen molar-refractivity contribution in [1.82, 2.24) is 24.9 Å². The Labute approximate surface area is 174 Å². The topological polar surface area (TPSA) is 114 Å². The zero-order valence-corrected chi connectivity index (χ0v) is 16.6. The van der Waals surface area contributed by atoms with Crippen molar-refractivity contribution in [3.05, 3.63) is 66.1 Å². The van der Waals surface area contributed by atoms with Gasteiger partial charge in [0.2, 0.25) is 5.91 Å². The van der Waals surface area contributed by atoms with E-state index < -0.39 is 6.04 Å². The van der Waals surface area contributed by atoms with Gasteiger partial charge in [-0.1, -0.05) is 29.5 Å². The summed E-state index contributed by atoms with van der Waals surface area (Å²) in [7, 11) is 0. The first-order chi connectivity index (χ1) is 14.6. The summed E-state index contributed by atoms with van der Waals surface area (Å²) in [5, 5.41) is 17.6. The number of nitrogens with zero attached hydrogens (tertiary/aromatic N) is 6. The molecule has 0 saturated carbocycles. The molecule has 3 aromatic rings. The van der Waals surface area contributed by atoms with E-state index in [1.807, 2.05) is 42.6 Å². The van der Waals surface area contributed by atoms with E-state index in [9.17, 15) is 10.1 Å². The van der Waals surface area contributed by atoms with Crippen LogP contribution in [-0.4, -0.2) is 49.4 Å². The van der Waals surface area contributed by atoms with Crippen molar-refractivity contribution in [1.29, 1.82) is 5.26 Å². The average Bonchev–Trinajstić information content (AvgIpc) is 3.44. The predicted octanol–water partition coefficient (Wildman–Crippen LogP) is 1.77. The van der Waals surface area contributed by atoms with Gasteiger partial charge in [-0.05, 0) is 42.5 Å². The number of hydrogen-bond acceptors (Lipinski definition) is 6. The summed E-state index contributed by atoms with van der Waals surface area (Å²) in [6.45, 7) is 1.24. The molecule has 1 aromatic carbocycles. The second kappa shape index (κ2) is 8.84. The number of nitriles is 1. The summed E-state index contributed by atoms with van der Waals surface area (Å²) in [6, 6.07) is 12.9. The zero-order valence-electron chi connectivity index (χ0n) is 16.6. The van der Waals surface area contributed by atoms with Crippen molar-refractivity contribution in [2.75, 3.05) is 6.54 Å². The van der Waals surface area contributed by atoms with Gasteiger partial charge in [0.15, 0.2) is 0 Å². The van der Waals surface area contributed by atoms with E-state index >= 15 is 0 Å². The molecule has 0 aliphatic carbocycles. The SMILES string of the molecule is N#C[C@@H]1CCCN1C(=O)[C@@H](N)Cc1ccc(-c2cn(Cc3ccncc3)nn2)cc1. The van der Waals surface area contributed by atoms with Crippen LogP contribution in [0.15, 0.2) is 55.0 Å². The Morgan fingerprint density at radius 1 is 1.20 bits per heavy atom. The van der Waals surface area contributed by atoms with Gasteiger partial charge >= 0.3 is 0 Å². The van der Waals surface area contributed by atoms with Crippen molar-refractivity contribution in [2.45, 2.75) is 37.9 Å². The van der Waals surface area contributed by atoms with Crippen molar-refractivity contribution >= 4 is 5.91 Å². The first-order valence-corrected chi connectivity index (χ1v) is 9.98.